The molecule has 112 valence electrons. The van der Waals surface area contributed by atoms with E-state index in [1.54, 1.807) is 7.11 Å². The Morgan fingerprint density at radius 3 is 3.05 bits per heavy atom. The van der Waals surface area contributed by atoms with Gasteiger partial charge < -0.3 is 19.7 Å². The highest BCUT2D eigenvalue weighted by molar-refractivity contribution is 5.31. The molecule has 0 spiro atoms. The molecule has 0 fully saturated rings. The van der Waals surface area contributed by atoms with Crippen LogP contribution in [0.5, 0.6) is 0 Å². The van der Waals surface area contributed by atoms with Gasteiger partial charge in [-0.1, -0.05) is 24.3 Å². The second-order valence-corrected chi connectivity index (χ2v) is 5.31. The standard InChI is InChI=1S/C16H26N2O2/c1-18(10-8-17-9-12-19-2)13-16-15-6-4-3-5-14(15)7-11-20-16/h3-6,16-17H,7-13H2,1-2H3. The van der Waals surface area contributed by atoms with E-state index in [4.69, 9.17) is 9.47 Å². The molecule has 1 aromatic rings. The smallest absolute Gasteiger partial charge is 0.0954 e. The van der Waals surface area contributed by atoms with E-state index in [1.165, 1.54) is 11.1 Å². The van der Waals surface area contributed by atoms with Crippen LogP contribution in [0.3, 0.4) is 0 Å². The molecule has 1 aliphatic rings. The zero-order valence-electron chi connectivity index (χ0n) is 12.6. The lowest BCUT2D eigenvalue weighted by atomic mass is 9.97. The molecule has 1 N–H and O–H groups in total. The van der Waals surface area contributed by atoms with Gasteiger partial charge in [0.05, 0.1) is 19.3 Å². The summed E-state index contributed by atoms with van der Waals surface area (Å²) in [6, 6.07) is 8.64. The highest BCUT2D eigenvalue weighted by Crippen LogP contribution is 2.27. The molecule has 0 radical (unpaired) electrons. The average molecular weight is 278 g/mol. The first-order valence-electron chi connectivity index (χ1n) is 7.39. The molecule has 4 nitrogen and oxygen atoms in total. The molecule has 2 rings (SSSR count). The molecular formula is C16H26N2O2. The maximum absolute atomic E-state index is 5.94. The molecule has 20 heavy (non-hydrogen) atoms. The Balaban J connectivity index is 1.76. The third kappa shape index (κ3) is 4.56. The molecule has 0 aromatic heterocycles. The van der Waals surface area contributed by atoms with Gasteiger partial charge in [-0.15, -0.1) is 0 Å². The average Bonchev–Trinajstić information content (AvgIpc) is 2.47. The normalized spacial score (nSPS) is 18.2. The number of hydrogen-bond acceptors (Lipinski definition) is 4. The molecule has 1 atom stereocenters. The zero-order valence-corrected chi connectivity index (χ0v) is 12.6. The van der Waals surface area contributed by atoms with Gasteiger partial charge in [-0.2, -0.15) is 0 Å². The number of nitrogens with zero attached hydrogens (tertiary/aromatic N) is 1. The molecule has 1 heterocycles. The molecule has 1 aliphatic heterocycles. The summed E-state index contributed by atoms with van der Waals surface area (Å²) in [6.07, 6.45) is 1.25. The lowest BCUT2D eigenvalue weighted by Crippen LogP contribution is -2.35. The topological polar surface area (TPSA) is 33.7 Å². The van der Waals surface area contributed by atoms with E-state index >= 15 is 0 Å². The van der Waals surface area contributed by atoms with E-state index in [2.05, 4.69) is 41.5 Å². The minimum absolute atomic E-state index is 0.212. The van der Waals surface area contributed by atoms with Crippen molar-refractivity contribution in [2.24, 2.45) is 0 Å². The predicted octanol–water partition coefficient (Wildman–Crippen LogP) is 1.47. The fourth-order valence-corrected chi connectivity index (χ4v) is 2.57. The van der Waals surface area contributed by atoms with Crippen molar-refractivity contribution in [3.05, 3.63) is 35.4 Å². The maximum atomic E-state index is 5.94. The first-order chi connectivity index (χ1) is 9.81. The number of methoxy groups -OCH3 is 1. The van der Waals surface area contributed by atoms with Crippen molar-refractivity contribution in [2.75, 3.05) is 53.6 Å². The Bertz CT molecular complexity index is 398. The summed E-state index contributed by atoms with van der Waals surface area (Å²) in [4.78, 5) is 2.33. The van der Waals surface area contributed by atoms with Crippen molar-refractivity contribution in [3.63, 3.8) is 0 Å². The number of fused-ring (bicyclic) bond motifs is 1. The van der Waals surface area contributed by atoms with Gasteiger partial charge in [-0.05, 0) is 24.6 Å². The molecule has 1 unspecified atom stereocenters. The summed E-state index contributed by atoms with van der Waals surface area (Å²) in [5.74, 6) is 0. The molecule has 0 aliphatic carbocycles. The first-order valence-corrected chi connectivity index (χ1v) is 7.39. The van der Waals surface area contributed by atoms with Gasteiger partial charge in [0.1, 0.15) is 0 Å². The fourth-order valence-electron chi connectivity index (χ4n) is 2.57. The van der Waals surface area contributed by atoms with Crippen LogP contribution in [-0.2, 0) is 15.9 Å². The van der Waals surface area contributed by atoms with Crippen LogP contribution in [0.25, 0.3) is 0 Å². The Labute approximate surface area is 122 Å². The molecule has 4 heteroatoms. The third-order valence-corrected chi connectivity index (χ3v) is 3.72. The summed E-state index contributed by atoms with van der Waals surface area (Å²) < 4.78 is 11.0. The Morgan fingerprint density at radius 1 is 1.35 bits per heavy atom. The van der Waals surface area contributed by atoms with E-state index in [1.807, 2.05) is 0 Å². The van der Waals surface area contributed by atoms with Crippen LogP contribution >= 0.6 is 0 Å². The number of nitrogens with one attached hydrogen (secondary N) is 1. The van der Waals surface area contributed by atoms with Crippen LogP contribution in [0.1, 0.15) is 17.2 Å². The van der Waals surface area contributed by atoms with Gasteiger partial charge in [-0.25, -0.2) is 0 Å². The van der Waals surface area contributed by atoms with Gasteiger partial charge in [0.15, 0.2) is 0 Å². The minimum Gasteiger partial charge on any atom is -0.383 e. The van der Waals surface area contributed by atoms with E-state index < -0.39 is 0 Å². The van der Waals surface area contributed by atoms with Gasteiger partial charge >= 0.3 is 0 Å². The van der Waals surface area contributed by atoms with Crippen molar-refractivity contribution in [2.45, 2.75) is 12.5 Å². The van der Waals surface area contributed by atoms with Gasteiger partial charge in [0.2, 0.25) is 0 Å². The number of hydrogen-bond donors (Lipinski definition) is 1. The van der Waals surface area contributed by atoms with Crippen LogP contribution in [0.4, 0.5) is 0 Å². The first kappa shape index (κ1) is 15.4. The maximum Gasteiger partial charge on any atom is 0.0954 e. The summed E-state index contributed by atoms with van der Waals surface area (Å²) in [5.41, 5.74) is 2.80. The van der Waals surface area contributed by atoms with Crippen LogP contribution < -0.4 is 5.32 Å². The number of benzene rings is 1. The van der Waals surface area contributed by atoms with Crippen molar-refractivity contribution in [1.82, 2.24) is 10.2 Å². The fraction of sp³-hybridized carbons (Fsp3) is 0.625. The molecule has 0 amide bonds. The molecule has 0 saturated carbocycles. The van der Waals surface area contributed by atoms with Crippen LogP contribution in [0.2, 0.25) is 0 Å². The molecular weight excluding hydrogens is 252 g/mol. The zero-order chi connectivity index (χ0) is 14.2. The van der Waals surface area contributed by atoms with Gasteiger partial charge in [0.25, 0.3) is 0 Å². The number of rotatable bonds is 8. The lowest BCUT2D eigenvalue weighted by Gasteiger charge is -2.29. The second kappa shape index (κ2) is 8.37. The van der Waals surface area contributed by atoms with Crippen LogP contribution in [0.15, 0.2) is 24.3 Å². The second-order valence-electron chi connectivity index (χ2n) is 5.31. The van der Waals surface area contributed by atoms with Crippen molar-refractivity contribution in [1.29, 1.82) is 0 Å². The molecule has 0 bridgehead atoms. The summed E-state index contributed by atoms with van der Waals surface area (Å²) >= 11 is 0. The Kier molecular flexibility index (Phi) is 6.47. The summed E-state index contributed by atoms with van der Waals surface area (Å²) in [7, 11) is 3.88. The van der Waals surface area contributed by atoms with Crippen LogP contribution in [-0.4, -0.2) is 58.5 Å². The third-order valence-electron chi connectivity index (χ3n) is 3.72. The number of likely N-dealkylation sites (N-methyl/N-ethyl adjacent to an activating group) is 1. The summed E-state index contributed by atoms with van der Waals surface area (Å²) in [5, 5.41) is 3.37. The van der Waals surface area contributed by atoms with Crippen LogP contribution in [0, 0.1) is 0 Å². The number of ether oxygens (including phenoxy) is 2. The van der Waals surface area contributed by atoms with Crippen molar-refractivity contribution < 1.29 is 9.47 Å². The van der Waals surface area contributed by atoms with E-state index in [0.29, 0.717) is 0 Å². The quantitative estimate of drug-likeness (QED) is 0.730. The minimum atomic E-state index is 0.212. The van der Waals surface area contributed by atoms with Crippen molar-refractivity contribution >= 4 is 0 Å². The highest BCUT2D eigenvalue weighted by Gasteiger charge is 2.21. The Morgan fingerprint density at radius 2 is 2.20 bits per heavy atom. The van der Waals surface area contributed by atoms with E-state index in [-0.39, 0.29) is 6.10 Å². The monoisotopic (exact) mass is 278 g/mol. The van der Waals surface area contributed by atoms with E-state index in [9.17, 15) is 0 Å². The highest BCUT2D eigenvalue weighted by atomic mass is 16.5. The largest absolute Gasteiger partial charge is 0.383 e. The SMILES string of the molecule is COCCNCCN(C)CC1OCCc2ccccc21. The summed E-state index contributed by atoms with van der Waals surface area (Å²) in [6.45, 7) is 5.46. The molecule has 1 aromatic carbocycles. The van der Waals surface area contributed by atoms with Crippen molar-refractivity contribution in [3.8, 4) is 0 Å². The van der Waals surface area contributed by atoms with Gasteiger partial charge in [-0.3, -0.25) is 0 Å². The lowest BCUT2D eigenvalue weighted by molar-refractivity contribution is 0.0212. The predicted molar refractivity (Wildman–Crippen MR) is 81.1 cm³/mol. The van der Waals surface area contributed by atoms with Gasteiger partial charge in [0, 0.05) is 33.3 Å². The van der Waals surface area contributed by atoms with E-state index in [0.717, 1.165) is 45.8 Å². The molecule has 0 saturated heterocycles. The Hall–Kier alpha value is -0.940.